The normalized spacial score (nSPS) is 11.3. The number of aryl methyl sites for hydroxylation is 1. The summed E-state index contributed by atoms with van der Waals surface area (Å²) in [6, 6.07) is 15.1. The molecule has 0 atom stereocenters. The number of rotatable bonds is 2. The Bertz CT molecular complexity index is 1480. The second kappa shape index (κ2) is 6.70. The minimum Gasteiger partial charge on any atom is -0.291 e. The Morgan fingerprint density at radius 1 is 0.833 bits per heavy atom. The van der Waals surface area contributed by atoms with Gasteiger partial charge in [0.1, 0.15) is 5.82 Å². The van der Waals surface area contributed by atoms with E-state index in [2.05, 4.69) is 19.9 Å². The molecule has 3 heterocycles. The van der Waals surface area contributed by atoms with E-state index >= 15 is 0 Å². The minimum atomic E-state index is -0.619. The smallest absolute Gasteiger partial charge is 0.291 e. The monoisotopic (exact) mass is 396 g/mol. The lowest BCUT2D eigenvalue weighted by atomic mass is 10.1. The molecular weight excluding hydrogens is 380 g/mol. The predicted molar refractivity (Wildman–Crippen MR) is 113 cm³/mol. The SMILES string of the molecule is Cc1ncc(-c2ccc(-n3c4nc(=O)n(C)c(=O)c-4nc4ccccc43)cc2)cn1. The fourth-order valence-corrected chi connectivity index (χ4v) is 3.40. The van der Waals surface area contributed by atoms with Crippen molar-refractivity contribution in [2.45, 2.75) is 6.92 Å². The highest BCUT2D eigenvalue weighted by Gasteiger charge is 2.21. The molecule has 2 aliphatic rings. The number of hydrogen-bond donors (Lipinski definition) is 0. The molecule has 2 aliphatic heterocycles. The maximum absolute atomic E-state index is 12.7. The second-order valence-corrected chi connectivity index (χ2v) is 6.93. The summed E-state index contributed by atoms with van der Waals surface area (Å²) in [7, 11) is 1.40. The van der Waals surface area contributed by atoms with E-state index in [9.17, 15) is 9.59 Å². The average molecular weight is 396 g/mol. The van der Waals surface area contributed by atoms with Crippen LogP contribution in [-0.4, -0.2) is 29.1 Å². The third kappa shape index (κ3) is 2.77. The molecule has 8 nitrogen and oxygen atoms in total. The molecule has 0 saturated carbocycles. The summed E-state index contributed by atoms with van der Waals surface area (Å²) < 4.78 is 2.75. The summed E-state index contributed by atoms with van der Waals surface area (Å²) in [6.45, 7) is 1.84. The van der Waals surface area contributed by atoms with Crippen molar-refractivity contribution >= 4 is 11.0 Å². The zero-order valence-electron chi connectivity index (χ0n) is 16.3. The lowest BCUT2D eigenvalue weighted by Crippen LogP contribution is -2.36. The van der Waals surface area contributed by atoms with Crippen LogP contribution in [0.2, 0.25) is 0 Å². The Hall–Kier alpha value is -4.20. The third-order valence-electron chi connectivity index (χ3n) is 5.01. The average Bonchev–Trinajstić information content (AvgIpc) is 2.77. The molecule has 0 fully saturated rings. The van der Waals surface area contributed by atoms with E-state index in [4.69, 9.17) is 0 Å². The first kappa shape index (κ1) is 17.9. The molecule has 0 spiro atoms. The van der Waals surface area contributed by atoms with Crippen LogP contribution < -0.4 is 11.2 Å². The fraction of sp³-hybridized carbons (Fsp3) is 0.0909. The molecule has 30 heavy (non-hydrogen) atoms. The Morgan fingerprint density at radius 3 is 2.27 bits per heavy atom. The maximum Gasteiger partial charge on any atom is 0.352 e. The summed E-state index contributed by atoms with van der Waals surface area (Å²) in [4.78, 5) is 42.0. The van der Waals surface area contributed by atoms with Crippen molar-refractivity contribution in [3.8, 4) is 28.3 Å². The van der Waals surface area contributed by atoms with Gasteiger partial charge in [0.25, 0.3) is 5.56 Å². The molecule has 8 heteroatoms. The quantitative estimate of drug-likeness (QED) is 0.425. The lowest BCUT2D eigenvalue weighted by molar-refractivity contribution is 0.759. The van der Waals surface area contributed by atoms with Crippen LogP contribution in [0, 0.1) is 6.92 Å². The van der Waals surface area contributed by atoms with Crippen molar-refractivity contribution < 1.29 is 0 Å². The van der Waals surface area contributed by atoms with Crippen LogP contribution in [0.1, 0.15) is 5.82 Å². The minimum absolute atomic E-state index is 0.145. The summed E-state index contributed by atoms with van der Waals surface area (Å²) in [5.74, 6) is 0.940. The van der Waals surface area contributed by atoms with Crippen molar-refractivity contribution in [2.75, 3.05) is 0 Å². The lowest BCUT2D eigenvalue weighted by Gasteiger charge is -2.17. The van der Waals surface area contributed by atoms with Crippen LogP contribution in [0.25, 0.3) is 39.4 Å². The number of para-hydroxylation sites is 2. The first-order chi connectivity index (χ1) is 14.5. The van der Waals surface area contributed by atoms with Crippen LogP contribution in [-0.2, 0) is 7.05 Å². The largest absolute Gasteiger partial charge is 0.352 e. The van der Waals surface area contributed by atoms with Gasteiger partial charge in [0, 0.05) is 30.7 Å². The van der Waals surface area contributed by atoms with E-state index in [1.165, 1.54) is 7.05 Å². The molecule has 1 aromatic heterocycles. The highest BCUT2D eigenvalue weighted by atomic mass is 16.2. The van der Waals surface area contributed by atoms with Gasteiger partial charge in [0.15, 0.2) is 11.5 Å². The van der Waals surface area contributed by atoms with E-state index in [0.717, 1.165) is 26.9 Å². The number of benzene rings is 2. The zero-order valence-corrected chi connectivity index (χ0v) is 16.3. The van der Waals surface area contributed by atoms with Gasteiger partial charge in [-0.3, -0.25) is 13.9 Å². The first-order valence-electron chi connectivity index (χ1n) is 9.31. The molecule has 0 saturated heterocycles. The maximum atomic E-state index is 12.7. The van der Waals surface area contributed by atoms with Crippen LogP contribution >= 0.6 is 0 Å². The van der Waals surface area contributed by atoms with Gasteiger partial charge in [-0.1, -0.05) is 24.3 Å². The van der Waals surface area contributed by atoms with Gasteiger partial charge in [-0.15, -0.1) is 0 Å². The third-order valence-corrected chi connectivity index (χ3v) is 5.01. The summed E-state index contributed by atoms with van der Waals surface area (Å²) >= 11 is 0. The van der Waals surface area contributed by atoms with Crippen LogP contribution in [0.15, 0.2) is 70.5 Å². The molecule has 0 amide bonds. The summed E-state index contributed by atoms with van der Waals surface area (Å²) in [5.41, 5.74) is 3.05. The molecule has 3 aromatic rings. The Labute approximate surface area is 170 Å². The van der Waals surface area contributed by atoms with E-state index in [1.54, 1.807) is 17.0 Å². The number of aromatic nitrogens is 6. The van der Waals surface area contributed by atoms with E-state index in [1.807, 2.05) is 55.5 Å². The molecule has 0 aliphatic carbocycles. The molecule has 0 N–H and O–H groups in total. The van der Waals surface area contributed by atoms with Gasteiger partial charge in [0.2, 0.25) is 0 Å². The van der Waals surface area contributed by atoms with Crippen LogP contribution in [0.3, 0.4) is 0 Å². The fourth-order valence-electron chi connectivity index (χ4n) is 3.40. The predicted octanol–water partition coefficient (Wildman–Crippen LogP) is 2.35. The molecule has 2 aromatic carbocycles. The highest BCUT2D eigenvalue weighted by molar-refractivity contribution is 5.82. The molecule has 0 unspecified atom stereocenters. The number of fused-ring (bicyclic) bond motifs is 2. The molecule has 0 bridgehead atoms. The van der Waals surface area contributed by atoms with Crippen molar-refractivity contribution in [2.24, 2.45) is 7.05 Å². The highest BCUT2D eigenvalue weighted by Crippen LogP contribution is 2.27. The molecular formula is C22H16N6O2. The topological polar surface area (TPSA) is 95.6 Å². The van der Waals surface area contributed by atoms with Crippen LogP contribution in [0.5, 0.6) is 0 Å². The number of nitrogens with zero attached hydrogens (tertiary/aromatic N) is 6. The second-order valence-electron chi connectivity index (χ2n) is 6.93. The zero-order chi connectivity index (χ0) is 20.8. The van der Waals surface area contributed by atoms with Gasteiger partial charge >= 0.3 is 5.69 Å². The summed E-state index contributed by atoms with van der Waals surface area (Å²) in [5, 5.41) is 0. The van der Waals surface area contributed by atoms with Gasteiger partial charge in [-0.05, 0) is 36.8 Å². The van der Waals surface area contributed by atoms with Crippen LogP contribution in [0.4, 0.5) is 0 Å². The molecule has 146 valence electrons. The summed E-state index contributed by atoms with van der Waals surface area (Å²) in [6.07, 6.45) is 3.55. The van der Waals surface area contributed by atoms with Gasteiger partial charge in [-0.25, -0.2) is 19.7 Å². The Morgan fingerprint density at radius 2 is 1.53 bits per heavy atom. The standard InChI is InChI=1S/C22H16N6O2/c1-13-23-11-15(12-24-13)14-7-9-16(10-8-14)28-18-6-4-3-5-17(18)25-19-20(28)26-22(30)27(2)21(19)29/h3-12H,1-2H3. The Kier molecular flexibility index (Phi) is 3.99. The van der Waals surface area contributed by atoms with Crippen molar-refractivity contribution in [1.29, 1.82) is 0 Å². The van der Waals surface area contributed by atoms with E-state index in [-0.39, 0.29) is 11.5 Å². The van der Waals surface area contributed by atoms with Crippen molar-refractivity contribution in [1.82, 2.24) is 29.1 Å². The van der Waals surface area contributed by atoms with E-state index < -0.39 is 11.2 Å². The Balaban J connectivity index is 1.77. The van der Waals surface area contributed by atoms with E-state index in [0.29, 0.717) is 11.3 Å². The number of hydrogen-bond acceptors (Lipinski definition) is 6. The van der Waals surface area contributed by atoms with Crippen molar-refractivity contribution in [3.05, 3.63) is 87.6 Å². The van der Waals surface area contributed by atoms with Gasteiger partial charge in [0.05, 0.1) is 11.0 Å². The van der Waals surface area contributed by atoms with Crippen molar-refractivity contribution in [3.63, 3.8) is 0 Å². The molecule has 0 radical (unpaired) electrons. The first-order valence-corrected chi connectivity index (χ1v) is 9.31. The molecule has 5 rings (SSSR count). The van der Waals surface area contributed by atoms with Gasteiger partial charge in [-0.2, -0.15) is 4.98 Å². The van der Waals surface area contributed by atoms with Gasteiger partial charge < -0.3 is 0 Å².